The Hall–Kier alpha value is -3.20. The summed E-state index contributed by atoms with van der Waals surface area (Å²) in [6.45, 7) is 2.77. The maximum Gasteiger partial charge on any atom is 0.244 e. The van der Waals surface area contributed by atoms with Crippen LogP contribution < -0.4 is 10.1 Å². The van der Waals surface area contributed by atoms with Gasteiger partial charge < -0.3 is 14.8 Å². The molecule has 3 aromatic heterocycles. The zero-order valence-electron chi connectivity index (χ0n) is 16.7. The molecule has 0 bridgehead atoms. The van der Waals surface area contributed by atoms with Crippen LogP contribution in [0.2, 0.25) is 0 Å². The molecule has 150 valence electrons. The molecule has 1 aliphatic carbocycles. The Labute approximate surface area is 167 Å². The van der Waals surface area contributed by atoms with Crippen LogP contribution in [0.1, 0.15) is 19.8 Å². The summed E-state index contributed by atoms with van der Waals surface area (Å²) in [5.41, 5.74) is 4.69. The van der Waals surface area contributed by atoms with Crippen LogP contribution in [-0.4, -0.2) is 55.5 Å². The van der Waals surface area contributed by atoms with E-state index in [4.69, 9.17) is 9.47 Å². The predicted molar refractivity (Wildman–Crippen MR) is 109 cm³/mol. The molecule has 4 aromatic rings. The molecule has 1 N–H and O–H groups in total. The molecular formula is C20H23N7O2. The van der Waals surface area contributed by atoms with E-state index in [1.54, 1.807) is 11.8 Å². The molecule has 9 heteroatoms. The third kappa shape index (κ3) is 3.07. The van der Waals surface area contributed by atoms with Crippen molar-refractivity contribution in [3.8, 4) is 17.0 Å². The van der Waals surface area contributed by atoms with Gasteiger partial charge in [-0.05, 0) is 43.5 Å². The number of hydrogen-bond donors (Lipinski definition) is 1. The number of anilines is 1. The zero-order valence-corrected chi connectivity index (χ0v) is 16.7. The third-order valence-electron chi connectivity index (χ3n) is 5.42. The highest BCUT2D eigenvalue weighted by Gasteiger charge is 2.30. The molecule has 5 rings (SSSR count). The molecule has 0 unspecified atom stereocenters. The quantitative estimate of drug-likeness (QED) is 0.538. The van der Waals surface area contributed by atoms with Crippen molar-refractivity contribution in [3.05, 3.63) is 30.5 Å². The maximum absolute atomic E-state index is 5.62. The summed E-state index contributed by atoms with van der Waals surface area (Å²) in [6, 6.07) is 8.41. The van der Waals surface area contributed by atoms with Crippen LogP contribution in [0.15, 0.2) is 30.5 Å². The van der Waals surface area contributed by atoms with E-state index in [9.17, 15) is 0 Å². The number of methoxy groups -OCH3 is 1. The van der Waals surface area contributed by atoms with Crippen LogP contribution >= 0.6 is 0 Å². The van der Waals surface area contributed by atoms with E-state index < -0.39 is 0 Å². The van der Waals surface area contributed by atoms with Gasteiger partial charge in [-0.25, -0.2) is 9.20 Å². The first-order valence-corrected chi connectivity index (χ1v) is 9.77. The molecule has 1 aliphatic rings. The van der Waals surface area contributed by atoms with Crippen molar-refractivity contribution in [2.45, 2.75) is 31.9 Å². The second-order valence-corrected chi connectivity index (χ2v) is 7.27. The summed E-state index contributed by atoms with van der Waals surface area (Å²) < 4.78 is 14.8. The fourth-order valence-corrected chi connectivity index (χ4v) is 3.86. The first kappa shape index (κ1) is 17.9. The van der Waals surface area contributed by atoms with Crippen LogP contribution in [0.4, 0.5) is 5.95 Å². The van der Waals surface area contributed by atoms with Gasteiger partial charge in [-0.15, -0.1) is 10.2 Å². The monoisotopic (exact) mass is 393 g/mol. The minimum atomic E-state index is 0.323. The van der Waals surface area contributed by atoms with Gasteiger partial charge in [0.25, 0.3) is 0 Å². The van der Waals surface area contributed by atoms with E-state index in [0.29, 0.717) is 24.0 Å². The number of aryl methyl sites for hydroxylation is 1. The predicted octanol–water partition coefficient (Wildman–Crippen LogP) is 2.67. The van der Waals surface area contributed by atoms with Crippen molar-refractivity contribution >= 4 is 22.5 Å². The molecule has 3 heterocycles. The van der Waals surface area contributed by atoms with Gasteiger partial charge in [-0.3, -0.25) is 0 Å². The summed E-state index contributed by atoms with van der Waals surface area (Å²) in [5.74, 6) is 1.09. The van der Waals surface area contributed by atoms with Crippen LogP contribution in [0.3, 0.4) is 0 Å². The van der Waals surface area contributed by atoms with E-state index in [1.165, 1.54) is 0 Å². The van der Waals surface area contributed by atoms with Gasteiger partial charge in [0, 0.05) is 31.5 Å². The van der Waals surface area contributed by atoms with Crippen molar-refractivity contribution in [2.24, 2.45) is 7.05 Å². The molecule has 0 radical (unpaired) electrons. The Bertz CT molecular complexity index is 1180. The molecular weight excluding hydrogens is 370 g/mol. The maximum atomic E-state index is 5.62. The van der Waals surface area contributed by atoms with Gasteiger partial charge in [-0.2, -0.15) is 4.98 Å². The lowest BCUT2D eigenvalue weighted by atomic mass is 9.89. The van der Waals surface area contributed by atoms with Gasteiger partial charge in [0.05, 0.1) is 18.7 Å². The largest absolute Gasteiger partial charge is 0.479 e. The lowest BCUT2D eigenvalue weighted by Crippen LogP contribution is -2.41. The van der Waals surface area contributed by atoms with Crippen molar-refractivity contribution in [1.29, 1.82) is 0 Å². The normalized spacial score (nSPS) is 18.9. The molecule has 0 saturated heterocycles. The summed E-state index contributed by atoms with van der Waals surface area (Å²) in [4.78, 5) is 4.60. The number of aromatic nitrogens is 6. The summed E-state index contributed by atoms with van der Waals surface area (Å²) in [5, 5.41) is 16.3. The highest BCUT2D eigenvalue weighted by atomic mass is 16.5. The Morgan fingerprint density at radius 1 is 1.24 bits per heavy atom. The number of hydrogen-bond acceptors (Lipinski definition) is 7. The molecule has 0 atom stereocenters. The highest BCUT2D eigenvalue weighted by Crippen LogP contribution is 2.33. The van der Waals surface area contributed by atoms with E-state index >= 15 is 0 Å². The molecule has 0 spiro atoms. The van der Waals surface area contributed by atoms with Crippen LogP contribution in [0, 0.1) is 0 Å². The first-order chi connectivity index (χ1) is 14.2. The minimum Gasteiger partial charge on any atom is -0.479 e. The zero-order chi connectivity index (χ0) is 20.0. The van der Waals surface area contributed by atoms with Gasteiger partial charge in [0.15, 0.2) is 0 Å². The van der Waals surface area contributed by atoms with E-state index in [0.717, 1.165) is 47.1 Å². The van der Waals surface area contributed by atoms with Crippen molar-refractivity contribution < 1.29 is 9.47 Å². The Morgan fingerprint density at radius 2 is 2.10 bits per heavy atom. The molecule has 0 aliphatic heterocycles. The number of benzene rings is 1. The molecule has 9 nitrogen and oxygen atoms in total. The molecule has 1 aromatic carbocycles. The number of rotatable bonds is 6. The highest BCUT2D eigenvalue weighted by molar-refractivity contribution is 5.89. The van der Waals surface area contributed by atoms with Crippen molar-refractivity contribution in [1.82, 2.24) is 29.6 Å². The molecule has 1 saturated carbocycles. The average molecular weight is 393 g/mol. The molecule has 1 fully saturated rings. The molecule has 0 amide bonds. The Morgan fingerprint density at radius 3 is 2.90 bits per heavy atom. The topological polar surface area (TPSA) is 91.4 Å². The van der Waals surface area contributed by atoms with Gasteiger partial charge in [-0.1, -0.05) is 11.3 Å². The Kier molecular flexibility index (Phi) is 4.31. The second kappa shape index (κ2) is 7.00. The fourth-order valence-electron chi connectivity index (χ4n) is 3.86. The van der Waals surface area contributed by atoms with E-state index in [1.807, 2.05) is 42.9 Å². The van der Waals surface area contributed by atoms with Crippen molar-refractivity contribution in [3.63, 3.8) is 0 Å². The summed E-state index contributed by atoms with van der Waals surface area (Å²) in [6.07, 6.45) is 4.19. The van der Waals surface area contributed by atoms with E-state index in [2.05, 4.69) is 31.8 Å². The van der Waals surface area contributed by atoms with Crippen LogP contribution in [0.25, 0.3) is 27.7 Å². The first-order valence-electron chi connectivity index (χ1n) is 9.77. The smallest absolute Gasteiger partial charge is 0.244 e. The SMILES string of the molecule is CCOC1CC(Nc2nc(OC)c3c(-c4ccc5nnn(C)c5c4)ccn3n2)C1. The number of fused-ring (bicyclic) bond motifs is 2. The summed E-state index contributed by atoms with van der Waals surface area (Å²) >= 11 is 0. The van der Waals surface area contributed by atoms with Crippen LogP contribution in [-0.2, 0) is 11.8 Å². The van der Waals surface area contributed by atoms with Crippen molar-refractivity contribution in [2.75, 3.05) is 19.0 Å². The minimum absolute atomic E-state index is 0.323. The summed E-state index contributed by atoms with van der Waals surface area (Å²) in [7, 11) is 3.51. The lowest BCUT2D eigenvalue weighted by molar-refractivity contribution is 0.00282. The molecule has 29 heavy (non-hydrogen) atoms. The number of ether oxygens (including phenoxy) is 2. The van der Waals surface area contributed by atoms with Gasteiger partial charge >= 0.3 is 0 Å². The van der Waals surface area contributed by atoms with E-state index in [-0.39, 0.29) is 0 Å². The fraction of sp³-hybridized carbons (Fsp3) is 0.400. The van der Waals surface area contributed by atoms with Gasteiger partial charge in [0.2, 0.25) is 11.8 Å². The standard InChI is InChI=1S/C20H23N7O2/c1-4-29-14-10-13(11-14)21-20-22-19(28-3)18-15(7-8-27(18)24-20)12-5-6-16-17(9-12)26(2)25-23-16/h5-9,13-14H,4,10-11H2,1-3H3,(H,21,24). The van der Waals surface area contributed by atoms with Crippen LogP contribution in [0.5, 0.6) is 5.88 Å². The third-order valence-corrected chi connectivity index (χ3v) is 5.42. The lowest BCUT2D eigenvalue weighted by Gasteiger charge is -2.35. The number of nitrogens with zero attached hydrogens (tertiary/aromatic N) is 6. The Balaban J connectivity index is 1.49. The van der Waals surface area contributed by atoms with Gasteiger partial charge in [0.1, 0.15) is 11.0 Å². The second-order valence-electron chi connectivity index (χ2n) is 7.27. The number of nitrogens with one attached hydrogen (secondary N) is 1. The average Bonchev–Trinajstić information content (AvgIpc) is 3.29.